The topological polar surface area (TPSA) is 381 Å². The van der Waals surface area contributed by atoms with Gasteiger partial charge in [-0.1, -0.05) is 78.6 Å². The molecule has 0 aliphatic carbocycles. The first kappa shape index (κ1) is 60.7. The van der Waals surface area contributed by atoms with Gasteiger partial charge >= 0.3 is 23.5 Å². The molecule has 1 aromatic carbocycles. The van der Waals surface area contributed by atoms with E-state index in [4.69, 9.17) is 19.5 Å². The summed E-state index contributed by atoms with van der Waals surface area (Å²) in [5.74, 6) is -1.30. The number of phosphoric acid groups is 3. The van der Waals surface area contributed by atoms with Gasteiger partial charge in [0.15, 0.2) is 17.7 Å². The monoisotopic (exact) mass is 1080 g/mol. The van der Waals surface area contributed by atoms with Crippen molar-refractivity contribution in [1.29, 1.82) is 0 Å². The van der Waals surface area contributed by atoms with Crippen LogP contribution in [0.15, 0.2) is 36.9 Å². The van der Waals surface area contributed by atoms with Crippen molar-refractivity contribution in [3.05, 3.63) is 48.0 Å². The summed E-state index contributed by atoms with van der Waals surface area (Å²) >= 11 is 0. The zero-order chi connectivity index (χ0) is 53.9. The number of carbonyl (C=O) groups is 4. The van der Waals surface area contributed by atoms with E-state index in [0.717, 1.165) is 62.2 Å². The molecule has 25 nitrogen and oxygen atoms in total. The second kappa shape index (κ2) is 25.6. The number of aromatic nitrogens is 4. The summed E-state index contributed by atoms with van der Waals surface area (Å²) in [5.41, 5.74) is 5.87. The van der Waals surface area contributed by atoms with Crippen molar-refractivity contribution in [2.75, 3.05) is 32.0 Å². The SMILES string of the molecule is CC(=O)C(C)(C)CCCCc1cccc(CCCCC(C)(C)C(=O)CCNC(=O)CCNC(=O)C(O)C(C)(C)COP(=O)(O)OP(=O)(O)OCC2OC(n3cnc4c(N)ncnc43)C(O)C2OP(=O)(O)O)c1. The molecule has 4 rings (SSSR count). The van der Waals surface area contributed by atoms with E-state index in [1.165, 1.54) is 25.0 Å². The molecule has 3 aromatic rings. The maximum atomic E-state index is 13.1. The third-order valence-corrected chi connectivity index (χ3v) is 15.6. The molecule has 7 unspecified atom stereocenters. The number of aryl methyl sites for hydroxylation is 2. The van der Waals surface area contributed by atoms with Crippen LogP contribution in [0.1, 0.15) is 117 Å². The van der Waals surface area contributed by atoms with E-state index in [9.17, 15) is 62.7 Å². The minimum Gasteiger partial charge on any atom is -0.386 e. The number of hydrogen-bond donors (Lipinski definition) is 9. The maximum Gasteiger partial charge on any atom is 0.481 e. The lowest BCUT2D eigenvalue weighted by Crippen LogP contribution is -2.46. The minimum absolute atomic E-state index is 0.00737. The molecule has 0 radical (unpaired) electrons. The summed E-state index contributed by atoms with van der Waals surface area (Å²) < 4.78 is 62.6. The summed E-state index contributed by atoms with van der Waals surface area (Å²) in [5, 5.41) is 26.7. The number of hydrogen-bond acceptors (Lipinski definition) is 18. The van der Waals surface area contributed by atoms with E-state index in [1.54, 1.807) is 6.92 Å². The Bertz CT molecular complexity index is 2500. The number of carbonyl (C=O) groups excluding carboxylic acids is 4. The molecule has 2 amide bonds. The molecule has 1 aliphatic rings. The van der Waals surface area contributed by atoms with Gasteiger partial charge in [0.05, 0.1) is 19.5 Å². The molecule has 28 heteroatoms. The third-order valence-electron chi connectivity index (χ3n) is 12.5. The number of amides is 2. The van der Waals surface area contributed by atoms with E-state index in [1.807, 2.05) is 27.7 Å². The Kier molecular flexibility index (Phi) is 21.5. The number of nitrogens with two attached hydrogens (primary N) is 1. The van der Waals surface area contributed by atoms with Gasteiger partial charge in [0.1, 0.15) is 47.8 Å². The van der Waals surface area contributed by atoms with Gasteiger partial charge in [0.25, 0.3) is 0 Å². The molecule has 404 valence electrons. The van der Waals surface area contributed by atoms with Crippen LogP contribution in [-0.4, -0.2) is 123 Å². The van der Waals surface area contributed by atoms with Crippen LogP contribution in [0, 0.1) is 16.2 Å². The number of Topliss-reactive ketones (excluding diaryl/α,β-unsaturated/α-hetero) is 2. The fraction of sp³-hybridized carbons (Fsp3) is 0.659. The molecular formula is C44H70N7O18P3. The second-order valence-corrected chi connectivity index (χ2v) is 24.0. The Labute approximate surface area is 417 Å². The van der Waals surface area contributed by atoms with Crippen molar-refractivity contribution < 1.29 is 85.3 Å². The van der Waals surface area contributed by atoms with Crippen molar-refractivity contribution in [3.8, 4) is 0 Å². The van der Waals surface area contributed by atoms with Crippen molar-refractivity contribution in [2.24, 2.45) is 16.2 Å². The molecule has 1 saturated heterocycles. The first-order chi connectivity index (χ1) is 33.3. The number of phosphoric ester groups is 3. The Balaban J connectivity index is 1.14. The quantitative estimate of drug-likeness (QED) is 0.0323. The Morgan fingerprint density at radius 2 is 1.44 bits per heavy atom. The van der Waals surface area contributed by atoms with Gasteiger partial charge in [-0.3, -0.25) is 37.3 Å². The number of imidazole rings is 1. The van der Waals surface area contributed by atoms with Crippen LogP contribution in [0.25, 0.3) is 11.2 Å². The Hall–Kier alpha value is -3.90. The molecule has 1 fully saturated rings. The highest BCUT2D eigenvalue weighted by molar-refractivity contribution is 7.61. The Morgan fingerprint density at radius 3 is 2.06 bits per heavy atom. The van der Waals surface area contributed by atoms with Gasteiger partial charge in [-0.15, -0.1) is 0 Å². The van der Waals surface area contributed by atoms with Gasteiger partial charge in [-0.05, 0) is 56.6 Å². The van der Waals surface area contributed by atoms with Crippen molar-refractivity contribution >= 4 is 63.8 Å². The highest BCUT2D eigenvalue weighted by Gasteiger charge is 2.50. The number of nitrogen functional groups attached to an aromatic ring is 1. The largest absolute Gasteiger partial charge is 0.481 e. The number of anilines is 1. The number of ether oxygens (including phenoxy) is 1. The number of benzene rings is 1. The number of nitrogens with one attached hydrogen (secondary N) is 2. The smallest absolute Gasteiger partial charge is 0.386 e. The molecule has 0 bridgehead atoms. The normalized spacial score (nSPS) is 19.9. The van der Waals surface area contributed by atoms with E-state index in [2.05, 4.69) is 58.7 Å². The Morgan fingerprint density at radius 1 is 0.847 bits per heavy atom. The van der Waals surface area contributed by atoms with Crippen LogP contribution in [-0.2, 0) is 68.3 Å². The number of aliphatic hydroxyl groups excluding tert-OH is 2. The van der Waals surface area contributed by atoms with Gasteiger partial charge in [-0.25, -0.2) is 28.6 Å². The number of rotatable bonds is 31. The van der Waals surface area contributed by atoms with Crippen LogP contribution < -0.4 is 16.4 Å². The number of unbranched alkanes of at least 4 members (excludes halogenated alkanes) is 2. The molecule has 10 N–H and O–H groups in total. The molecular weight excluding hydrogens is 1010 g/mol. The molecule has 1 aliphatic heterocycles. The predicted octanol–water partition coefficient (Wildman–Crippen LogP) is 4.13. The van der Waals surface area contributed by atoms with Crippen molar-refractivity contribution in [2.45, 2.75) is 143 Å². The van der Waals surface area contributed by atoms with Gasteiger partial charge < -0.3 is 50.9 Å². The number of fused-ring (bicyclic) bond motifs is 1. The van der Waals surface area contributed by atoms with Gasteiger partial charge in [-0.2, -0.15) is 4.31 Å². The third kappa shape index (κ3) is 18.5. The van der Waals surface area contributed by atoms with Crippen LogP contribution in [0.3, 0.4) is 0 Å². The molecule has 72 heavy (non-hydrogen) atoms. The first-order valence-electron chi connectivity index (χ1n) is 23.3. The van der Waals surface area contributed by atoms with Crippen molar-refractivity contribution in [3.63, 3.8) is 0 Å². The average Bonchev–Trinajstić information content (AvgIpc) is 3.84. The zero-order valence-corrected chi connectivity index (χ0v) is 44.2. The summed E-state index contributed by atoms with van der Waals surface area (Å²) in [6, 6.07) is 8.52. The molecule has 7 atom stereocenters. The summed E-state index contributed by atoms with van der Waals surface area (Å²) in [6.45, 7) is 9.71. The van der Waals surface area contributed by atoms with Gasteiger partial charge in [0, 0.05) is 42.2 Å². The zero-order valence-electron chi connectivity index (χ0n) is 41.5. The van der Waals surface area contributed by atoms with Crippen molar-refractivity contribution in [1.82, 2.24) is 30.2 Å². The fourth-order valence-corrected chi connectivity index (χ4v) is 10.5. The predicted molar refractivity (Wildman–Crippen MR) is 259 cm³/mol. The standard InChI is InChI=1S/C44H70N7O18P3/c1-28(52)42(2,3)19-10-8-13-29-15-12-16-30(23-29)14-9-11-20-43(4,5)32(53)17-21-46-33(54)18-22-47-40(57)37(56)44(6,7)25-66-72(63,64)69-71(61,62)65-24-31-36(68-70(58,59)60)35(55)41(67-31)51-27-50-34-38(45)48-26-49-39(34)51/h12,15-16,23,26-27,31,35-37,41,55-56H,8-11,13-14,17-22,24-25H2,1-7H3,(H,46,54)(H,47,57)(H,61,62)(H,63,64)(H2,45,48,49)(H2,58,59,60). The molecule has 3 heterocycles. The van der Waals surface area contributed by atoms with Gasteiger partial charge in [0.2, 0.25) is 11.8 Å². The second-order valence-electron chi connectivity index (χ2n) is 19.8. The molecule has 0 spiro atoms. The van der Waals surface area contributed by atoms with E-state index < -0.39 is 90.0 Å². The maximum absolute atomic E-state index is 13.1. The van der Waals surface area contributed by atoms with Crippen LogP contribution in [0.5, 0.6) is 0 Å². The summed E-state index contributed by atoms with van der Waals surface area (Å²) in [6.07, 6.45) is 0.218. The lowest BCUT2D eigenvalue weighted by atomic mass is 9.81. The average molecular weight is 1080 g/mol. The van der Waals surface area contributed by atoms with E-state index >= 15 is 0 Å². The first-order valence-corrected chi connectivity index (χ1v) is 27.9. The van der Waals surface area contributed by atoms with Crippen LogP contribution in [0.2, 0.25) is 0 Å². The molecule has 0 saturated carbocycles. The number of nitrogens with zero attached hydrogens (tertiary/aromatic N) is 4. The molecule has 2 aromatic heterocycles. The minimum atomic E-state index is -5.60. The highest BCUT2D eigenvalue weighted by Crippen LogP contribution is 2.61. The van der Waals surface area contributed by atoms with E-state index in [-0.39, 0.29) is 59.9 Å². The van der Waals surface area contributed by atoms with Crippen LogP contribution >= 0.6 is 23.5 Å². The summed E-state index contributed by atoms with van der Waals surface area (Å²) in [4.78, 5) is 101. The van der Waals surface area contributed by atoms with Crippen LogP contribution in [0.4, 0.5) is 5.82 Å². The number of aliphatic hydroxyl groups is 2. The lowest BCUT2D eigenvalue weighted by Gasteiger charge is -2.30. The highest BCUT2D eigenvalue weighted by atomic mass is 31.3. The summed E-state index contributed by atoms with van der Waals surface area (Å²) in [7, 11) is -16.5. The lowest BCUT2D eigenvalue weighted by molar-refractivity contribution is -0.137. The fourth-order valence-electron chi connectivity index (χ4n) is 7.64. The van der Waals surface area contributed by atoms with E-state index in [0.29, 0.717) is 6.42 Å². The number of ketones is 2.